The molecule has 0 fully saturated rings. The molecule has 0 aliphatic carbocycles. The summed E-state index contributed by atoms with van der Waals surface area (Å²) < 4.78 is 23.3. The number of likely N-dealkylation sites (N-methyl/N-ethyl adjacent to an activating group) is 1. The Kier molecular flexibility index (Phi) is 14.1. The van der Waals surface area contributed by atoms with E-state index in [1.54, 1.807) is 61.6 Å². The van der Waals surface area contributed by atoms with Crippen LogP contribution in [0.5, 0.6) is 17.2 Å². The lowest BCUT2D eigenvalue weighted by atomic mass is 10.0. The van der Waals surface area contributed by atoms with E-state index in [0.717, 1.165) is 37.1 Å². The molecule has 4 atom stereocenters. The number of anilines is 2. The fourth-order valence-corrected chi connectivity index (χ4v) is 5.85. The largest absolute Gasteiger partial charge is 0.497 e. The molecular weight excluding hydrogens is 624 g/mol. The molecule has 3 amide bonds. The maximum Gasteiger partial charge on any atom is 0.323 e. The highest BCUT2D eigenvalue weighted by Crippen LogP contribution is 2.29. The van der Waals surface area contributed by atoms with Crippen molar-refractivity contribution >= 4 is 23.3 Å². The number of hydrogen-bond donors (Lipinski definition) is 3. The fourth-order valence-electron chi connectivity index (χ4n) is 5.85. The summed E-state index contributed by atoms with van der Waals surface area (Å²) in [6.07, 6.45) is 2.27. The van der Waals surface area contributed by atoms with Crippen LogP contribution < -0.4 is 24.8 Å². The van der Waals surface area contributed by atoms with Crippen LogP contribution in [0.25, 0.3) is 0 Å². The number of methoxy groups -OCH3 is 2. The number of urea groups is 1. The summed E-state index contributed by atoms with van der Waals surface area (Å²) in [5.41, 5.74) is 2.50. The van der Waals surface area contributed by atoms with Crippen LogP contribution in [-0.4, -0.2) is 92.7 Å². The normalized spacial score (nSPS) is 19.6. The topological polar surface area (TPSA) is 122 Å². The summed E-state index contributed by atoms with van der Waals surface area (Å²) in [6, 6.07) is 19.2. The number of carbonyl (C=O) groups is 2. The van der Waals surface area contributed by atoms with Crippen molar-refractivity contribution in [3.63, 3.8) is 0 Å². The smallest absolute Gasteiger partial charge is 0.323 e. The second kappa shape index (κ2) is 18.4. The van der Waals surface area contributed by atoms with Crippen molar-refractivity contribution in [2.45, 2.75) is 64.8 Å². The van der Waals surface area contributed by atoms with Crippen LogP contribution in [0.2, 0.25) is 0 Å². The number of aliphatic hydroxyl groups excluding tert-OH is 1. The molecule has 49 heavy (non-hydrogen) atoms. The van der Waals surface area contributed by atoms with E-state index < -0.39 is 12.1 Å². The molecule has 3 N–H and O–H groups in total. The molecule has 3 aromatic carbocycles. The Morgan fingerprint density at radius 2 is 1.61 bits per heavy atom. The number of ether oxygens (including phenoxy) is 4. The third-order valence-corrected chi connectivity index (χ3v) is 8.76. The van der Waals surface area contributed by atoms with Crippen LogP contribution >= 0.6 is 0 Å². The lowest BCUT2D eigenvalue weighted by Gasteiger charge is -2.36. The molecule has 0 saturated heterocycles. The SMILES string of the molecule is COc1ccc(CN(C)C[C@@H]2OCCCC[C@@H](C)Oc3ccc(NC(=O)Nc4ccc(OC)cc4)cc3C(=O)N([C@H](C)CO)C[C@H]2C)cc1. The number of aliphatic hydroxyl groups is 1. The average Bonchev–Trinajstić information content (AvgIpc) is 3.10. The number of rotatable bonds is 10. The van der Waals surface area contributed by atoms with E-state index in [9.17, 15) is 14.7 Å². The van der Waals surface area contributed by atoms with Gasteiger partial charge in [-0.2, -0.15) is 0 Å². The van der Waals surface area contributed by atoms with Gasteiger partial charge in [0.2, 0.25) is 0 Å². The Labute approximate surface area is 290 Å². The lowest BCUT2D eigenvalue weighted by molar-refractivity contribution is -0.0177. The van der Waals surface area contributed by atoms with Crippen molar-refractivity contribution in [1.29, 1.82) is 0 Å². The van der Waals surface area contributed by atoms with Crippen molar-refractivity contribution in [3.05, 3.63) is 77.9 Å². The first-order valence-electron chi connectivity index (χ1n) is 17.0. The summed E-state index contributed by atoms with van der Waals surface area (Å²) in [7, 11) is 5.31. The number of amides is 3. The Balaban J connectivity index is 1.56. The first-order chi connectivity index (χ1) is 23.6. The van der Waals surface area contributed by atoms with Crippen molar-refractivity contribution in [1.82, 2.24) is 9.80 Å². The van der Waals surface area contributed by atoms with Gasteiger partial charge in [-0.25, -0.2) is 4.79 Å². The molecule has 0 aromatic heterocycles. The second-order valence-electron chi connectivity index (χ2n) is 12.9. The Bertz CT molecular complexity index is 1480. The predicted molar refractivity (Wildman–Crippen MR) is 192 cm³/mol. The highest BCUT2D eigenvalue weighted by Gasteiger charge is 2.30. The van der Waals surface area contributed by atoms with Gasteiger partial charge in [-0.05, 0) is 100 Å². The van der Waals surface area contributed by atoms with Gasteiger partial charge in [0.15, 0.2) is 0 Å². The summed E-state index contributed by atoms with van der Waals surface area (Å²) in [4.78, 5) is 31.2. The lowest BCUT2D eigenvalue weighted by Crippen LogP contribution is -2.47. The van der Waals surface area contributed by atoms with Gasteiger partial charge in [-0.3, -0.25) is 9.69 Å². The van der Waals surface area contributed by atoms with Gasteiger partial charge in [0, 0.05) is 43.5 Å². The molecule has 0 bridgehead atoms. The van der Waals surface area contributed by atoms with Crippen molar-refractivity contribution in [2.75, 3.05) is 58.2 Å². The van der Waals surface area contributed by atoms with Gasteiger partial charge in [-0.15, -0.1) is 0 Å². The molecule has 4 rings (SSSR count). The predicted octanol–water partition coefficient (Wildman–Crippen LogP) is 6.28. The minimum atomic E-state index is -0.471. The zero-order valence-corrected chi connectivity index (χ0v) is 29.6. The highest BCUT2D eigenvalue weighted by molar-refractivity contribution is 6.02. The zero-order valence-electron chi connectivity index (χ0n) is 29.6. The quantitative estimate of drug-likeness (QED) is 0.230. The molecular formula is C38H52N4O7. The molecule has 266 valence electrons. The Morgan fingerprint density at radius 3 is 2.27 bits per heavy atom. The van der Waals surface area contributed by atoms with E-state index in [1.807, 2.05) is 26.0 Å². The van der Waals surface area contributed by atoms with E-state index in [-0.39, 0.29) is 30.6 Å². The van der Waals surface area contributed by atoms with Crippen molar-refractivity contribution in [2.24, 2.45) is 5.92 Å². The van der Waals surface area contributed by atoms with Crippen LogP contribution in [0.3, 0.4) is 0 Å². The maximum absolute atomic E-state index is 14.4. The first-order valence-corrected chi connectivity index (χ1v) is 17.0. The number of hydrogen-bond acceptors (Lipinski definition) is 8. The van der Waals surface area contributed by atoms with Gasteiger partial charge in [-0.1, -0.05) is 19.1 Å². The van der Waals surface area contributed by atoms with Crippen LogP contribution in [-0.2, 0) is 11.3 Å². The molecule has 11 nitrogen and oxygen atoms in total. The zero-order chi connectivity index (χ0) is 35.3. The second-order valence-corrected chi connectivity index (χ2v) is 12.9. The molecule has 0 saturated carbocycles. The number of fused-ring (bicyclic) bond motifs is 1. The summed E-state index contributed by atoms with van der Waals surface area (Å²) in [6.45, 7) is 8.04. The van der Waals surface area contributed by atoms with Crippen LogP contribution in [0, 0.1) is 5.92 Å². The van der Waals surface area contributed by atoms with E-state index in [2.05, 4.69) is 41.6 Å². The molecule has 1 heterocycles. The average molecular weight is 677 g/mol. The number of carbonyl (C=O) groups excluding carboxylic acids is 2. The monoisotopic (exact) mass is 676 g/mol. The molecule has 0 unspecified atom stereocenters. The fraction of sp³-hybridized carbons (Fsp3) is 0.474. The molecule has 1 aliphatic rings. The Morgan fingerprint density at radius 1 is 0.980 bits per heavy atom. The molecule has 0 radical (unpaired) electrons. The summed E-state index contributed by atoms with van der Waals surface area (Å²) in [5, 5.41) is 15.9. The van der Waals surface area contributed by atoms with Gasteiger partial charge in [0.05, 0.1) is 44.6 Å². The van der Waals surface area contributed by atoms with E-state index in [0.29, 0.717) is 48.1 Å². The standard InChI is InChI=1S/C38H52N4O7/c1-26-22-42(27(2)25-43)37(44)34-21-31(40-38(45)39-30-12-17-33(47-6)18-13-30)14-19-35(34)49-28(3)9-7-8-20-48-36(26)24-41(4)23-29-10-15-32(46-5)16-11-29/h10-19,21,26-28,36,43H,7-9,20,22-25H2,1-6H3,(H2,39,40,45)/t26-,27-,28-,36+/m1/s1. The molecule has 3 aromatic rings. The van der Waals surface area contributed by atoms with E-state index in [1.165, 1.54) is 0 Å². The minimum Gasteiger partial charge on any atom is -0.497 e. The van der Waals surface area contributed by atoms with Gasteiger partial charge in [0.1, 0.15) is 17.2 Å². The Hall–Kier alpha value is -4.32. The van der Waals surface area contributed by atoms with Crippen LogP contribution in [0.15, 0.2) is 66.7 Å². The molecule has 0 spiro atoms. The van der Waals surface area contributed by atoms with Gasteiger partial charge < -0.3 is 39.6 Å². The third kappa shape index (κ3) is 11.1. The maximum atomic E-state index is 14.4. The minimum absolute atomic E-state index is 0.0564. The van der Waals surface area contributed by atoms with Crippen molar-refractivity contribution in [3.8, 4) is 17.2 Å². The number of nitrogens with zero attached hydrogens (tertiary/aromatic N) is 2. The van der Waals surface area contributed by atoms with E-state index >= 15 is 0 Å². The van der Waals surface area contributed by atoms with E-state index in [4.69, 9.17) is 18.9 Å². The first kappa shape index (κ1) is 37.5. The third-order valence-electron chi connectivity index (χ3n) is 8.76. The van der Waals surface area contributed by atoms with Crippen LogP contribution in [0.4, 0.5) is 16.2 Å². The summed E-state index contributed by atoms with van der Waals surface area (Å²) in [5.74, 6) is 1.58. The highest BCUT2D eigenvalue weighted by atomic mass is 16.5. The molecule has 1 aliphatic heterocycles. The number of benzene rings is 3. The van der Waals surface area contributed by atoms with Gasteiger partial charge >= 0.3 is 6.03 Å². The van der Waals surface area contributed by atoms with Crippen LogP contribution in [0.1, 0.15) is 56.0 Å². The van der Waals surface area contributed by atoms with Gasteiger partial charge in [0.25, 0.3) is 5.91 Å². The molecule has 11 heteroatoms. The number of nitrogens with one attached hydrogen (secondary N) is 2. The summed E-state index contributed by atoms with van der Waals surface area (Å²) >= 11 is 0. The van der Waals surface area contributed by atoms with Crippen molar-refractivity contribution < 1.29 is 33.6 Å².